The zero-order chi connectivity index (χ0) is 14.0. The molecule has 0 aliphatic rings. The number of aryl methyl sites for hydroxylation is 1. The first-order chi connectivity index (χ1) is 9.02. The van der Waals surface area contributed by atoms with Crippen LogP contribution in [0.4, 0.5) is 8.78 Å². The second kappa shape index (κ2) is 5.24. The SMILES string of the molecule is Cc1nc(C(=O)C(C#N)c2ccc(F)cc2F)cs1. The zero-order valence-electron chi connectivity index (χ0n) is 9.85. The van der Waals surface area contributed by atoms with E-state index in [9.17, 15) is 13.6 Å². The molecule has 1 aromatic carbocycles. The summed E-state index contributed by atoms with van der Waals surface area (Å²) in [6, 6.07) is 4.51. The van der Waals surface area contributed by atoms with Gasteiger partial charge in [-0.1, -0.05) is 6.07 Å². The number of carbonyl (C=O) groups excluding carboxylic acids is 1. The van der Waals surface area contributed by atoms with Gasteiger partial charge < -0.3 is 0 Å². The highest BCUT2D eigenvalue weighted by Gasteiger charge is 2.26. The van der Waals surface area contributed by atoms with E-state index in [0.29, 0.717) is 11.1 Å². The molecule has 0 aliphatic carbocycles. The molecule has 0 aliphatic heterocycles. The first kappa shape index (κ1) is 13.3. The van der Waals surface area contributed by atoms with Gasteiger partial charge in [-0.25, -0.2) is 13.8 Å². The molecule has 0 saturated heterocycles. The Bertz CT molecular complexity index is 676. The van der Waals surface area contributed by atoms with Crippen molar-refractivity contribution in [2.45, 2.75) is 12.8 Å². The maximum absolute atomic E-state index is 13.6. The minimum atomic E-state index is -1.32. The number of hydrogen-bond acceptors (Lipinski definition) is 4. The summed E-state index contributed by atoms with van der Waals surface area (Å²) in [4.78, 5) is 16.1. The molecule has 2 aromatic rings. The first-order valence-electron chi connectivity index (χ1n) is 5.34. The highest BCUT2D eigenvalue weighted by atomic mass is 32.1. The number of Topliss-reactive ketones (excluding diaryl/α,β-unsaturated/α-hetero) is 1. The maximum Gasteiger partial charge on any atom is 0.203 e. The van der Waals surface area contributed by atoms with Crippen molar-refractivity contribution >= 4 is 17.1 Å². The second-order valence-corrected chi connectivity index (χ2v) is 4.91. The zero-order valence-corrected chi connectivity index (χ0v) is 10.7. The van der Waals surface area contributed by atoms with Gasteiger partial charge in [-0.05, 0) is 13.0 Å². The van der Waals surface area contributed by atoms with Crippen molar-refractivity contribution < 1.29 is 13.6 Å². The molecule has 1 unspecified atom stereocenters. The van der Waals surface area contributed by atoms with Gasteiger partial charge in [0, 0.05) is 17.0 Å². The molecule has 0 N–H and O–H groups in total. The van der Waals surface area contributed by atoms with E-state index in [0.717, 1.165) is 12.1 Å². The number of aromatic nitrogens is 1. The smallest absolute Gasteiger partial charge is 0.203 e. The summed E-state index contributed by atoms with van der Waals surface area (Å²) in [6.07, 6.45) is 0. The number of rotatable bonds is 3. The van der Waals surface area contributed by atoms with Crippen LogP contribution in [0.15, 0.2) is 23.6 Å². The van der Waals surface area contributed by atoms with Crippen LogP contribution in [0.3, 0.4) is 0 Å². The van der Waals surface area contributed by atoms with E-state index in [1.807, 2.05) is 0 Å². The third-order valence-corrected chi connectivity index (χ3v) is 3.31. The predicted molar refractivity (Wildman–Crippen MR) is 65.9 cm³/mol. The van der Waals surface area contributed by atoms with E-state index >= 15 is 0 Å². The topological polar surface area (TPSA) is 53.8 Å². The van der Waals surface area contributed by atoms with Gasteiger partial charge in [0.1, 0.15) is 23.2 Å². The number of nitriles is 1. The number of ketones is 1. The highest BCUT2D eigenvalue weighted by Crippen LogP contribution is 2.24. The summed E-state index contributed by atoms with van der Waals surface area (Å²) in [5.74, 6) is -3.57. The Labute approximate surface area is 112 Å². The van der Waals surface area contributed by atoms with Crippen LogP contribution in [-0.4, -0.2) is 10.8 Å². The molecular formula is C13H8F2N2OS. The number of thiazole rings is 1. The number of nitrogens with zero attached hydrogens (tertiary/aromatic N) is 2. The molecule has 0 amide bonds. The van der Waals surface area contributed by atoms with Crippen LogP contribution < -0.4 is 0 Å². The molecule has 3 nitrogen and oxygen atoms in total. The van der Waals surface area contributed by atoms with Gasteiger partial charge in [0.05, 0.1) is 11.1 Å². The predicted octanol–water partition coefficient (Wildman–Crippen LogP) is 3.22. The van der Waals surface area contributed by atoms with Crippen LogP contribution in [0.5, 0.6) is 0 Å². The van der Waals surface area contributed by atoms with Crippen molar-refractivity contribution in [3.63, 3.8) is 0 Å². The molecule has 96 valence electrons. The number of benzene rings is 1. The third kappa shape index (κ3) is 2.66. The van der Waals surface area contributed by atoms with E-state index < -0.39 is 23.3 Å². The van der Waals surface area contributed by atoms with Gasteiger partial charge in [0.2, 0.25) is 5.78 Å². The lowest BCUT2D eigenvalue weighted by molar-refractivity contribution is 0.0973. The molecular weight excluding hydrogens is 270 g/mol. The Morgan fingerprint density at radius 3 is 2.74 bits per heavy atom. The molecule has 0 radical (unpaired) electrons. The van der Waals surface area contributed by atoms with Crippen LogP contribution in [-0.2, 0) is 0 Å². The van der Waals surface area contributed by atoms with Crippen LogP contribution in [0.2, 0.25) is 0 Å². The van der Waals surface area contributed by atoms with Crippen molar-refractivity contribution in [1.82, 2.24) is 4.98 Å². The average Bonchev–Trinajstić information content (AvgIpc) is 2.79. The largest absolute Gasteiger partial charge is 0.291 e. The molecule has 1 atom stereocenters. The standard InChI is InChI=1S/C13H8F2N2OS/c1-7-17-12(6-19-7)13(18)10(5-16)9-3-2-8(14)4-11(9)15/h2-4,6,10H,1H3. The van der Waals surface area contributed by atoms with E-state index in [1.165, 1.54) is 16.7 Å². The summed E-state index contributed by atoms with van der Waals surface area (Å²) in [6.45, 7) is 1.72. The van der Waals surface area contributed by atoms with Crippen molar-refractivity contribution in [2.75, 3.05) is 0 Å². The van der Waals surface area contributed by atoms with Gasteiger partial charge in [-0.3, -0.25) is 4.79 Å². The van der Waals surface area contributed by atoms with Crippen LogP contribution in [0.25, 0.3) is 0 Å². The van der Waals surface area contributed by atoms with Crippen molar-refractivity contribution in [1.29, 1.82) is 5.26 Å². The summed E-state index contributed by atoms with van der Waals surface area (Å²) in [5, 5.41) is 11.3. The number of hydrogen-bond donors (Lipinski definition) is 0. The van der Waals surface area contributed by atoms with E-state index in [1.54, 1.807) is 13.0 Å². The van der Waals surface area contributed by atoms with E-state index in [-0.39, 0.29) is 11.3 Å². The monoisotopic (exact) mass is 278 g/mol. The molecule has 0 fully saturated rings. The molecule has 0 saturated carbocycles. The normalized spacial score (nSPS) is 11.9. The summed E-state index contributed by atoms with van der Waals surface area (Å²) in [7, 11) is 0. The minimum absolute atomic E-state index is 0.123. The van der Waals surface area contributed by atoms with Gasteiger partial charge >= 0.3 is 0 Å². The fraction of sp³-hybridized carbons (Fsp3) is 0.154. The molecule has 1 heterocycles. The maximum atomic E-state index is 13.6. The molecule has 2 rings (SSSR count). The fourth-order valence-corrected chi connectivity index (χ4v) is 2.23. The van der Waals surface area contributed by atoms with Gasteiger partial charge in [0.25, 0.3) is 0 Å². The fourth-order valence-electron chi connectivity index (χ4n) is 1.63. The van der Waals surface area contributed by atoms with Crippen molar-refractivity contribution in [3.8, 4) is 6.07 Å². The Morgan fingerprint density at radius 2 is 2.21 bits per heavy atom. The Hall–Kier alpha value is -2.13. The summed E-state index contributed by atoms with van der Waals surface area (Å²) in [5.41, 5.74) is -0.0164. The molecule has 19 heavy (non-hydrogen) atoms. The van der Waals surface area contributed by atoms with Gasteiger partial charge in [-0.15, -0.1) is 11.3 Å². The van der Waals surface area contributed by atoms with Crippen LogP contribution >= 0.6 is 11.3 Å². The van der Waals surface area contributed by atoms with E-state index in [4.69, 9.17) is 5.26 Å². The number of halogens is 2. The lowest BCUT2D eigenvalue weighted by atomic mass is 9.94. The Kier molecular flexibility index (Phi) is 3.67. The van der Waals surface area contributed by atoms with Crippen molar-refractivity contribution in [3.05, 3.63) is 51.5 Å². The molecule has 6 heteroatoms. The quantitative estimate of drug-likeness (QED) is 0.810. The van der Waals surface area contributed by atoms with Crippen LogP contribution in [0.1, 0.15) is 27.0 Å². The first-order valence-corrected chi connectivity index (χ1v) is 6.22. The average molecular weight is 278 g/mol. The second-order valence-electron chi connectivity index (χ2n) is 3.84. The van der Waals surface area contributed by atoms with Gasteiger partial charge in [0.15, 0.2) is 0 Å². The number of carbonyl (C=O) groups is 1. The lowest BCUT2D eigenvalue weighted by Crippen LogP contribution is -2.13. The van der Waals surface area contributed by atoms with Crippen LogP contribution in [0, 0.1) is 29.9 Å². The summed E-state index contributed by atoms with van der Waals surface area (Å²) < 4.78 is 26.4. The molecule has 0 spiro atoms. The highest BCUT2D eigenvalue weighted by molar-refractivity contribution is 7.09. The minimum Gasteiger partial charge on any atom is -0.291 e. The summed E-state index contributed by atoms with van der Waals surface area (Å²) >= 11 is 1.27. The molecule has 1 aromatic heterocycles. The lowest BCUT2D eigenvalue weighted by Gasteiger charge is -2.08. The van der Waals surface area contributed by atoms with Gasteiger partial charge in [-0.2, -0.15) is 5.26 Å². The van der Waals surface area contributed by atoms with E-state index in [2.05, 4.69) is 4.98 Å². The molecule has 0 bridgehead atoms. The Morgan fingerprint density at radius 1 is 1.47 bits per heavy atom. The third-order valence-electron chi connectivity index (χ3n) is 2.54. The Balaban J connectivity index is 2.40. The van der Waals surface area contributed by atoms with Crippen molar-refractivity contribution in [2.24, 2.45) is 0 Å².